The van der Waals surface area contributed by atoms with Gasteiger partial charge in [-0.3, -0.25) is 0 Å². The molecule has 0 spiro atoms. The standard InChI is InChI=1S/CH5O4P.2CH3/c1-5-6(2,3)4;;/h1H3,(H2,2,3,4);2*1H3/q;2*+1/p-2. The summed E-state index contributed by atoms with van der Waals surface area (Å²) in [4.78, 5) is 18.5. The summed E-state index contributed by atoms with van der Waals surface area (Å²) in [6, 6.07) is 0. The quantitative estimate of drug-likeness (QED) is 0.358. The maximum absolute atomic E-state index is 9.25. The molecule has 0 saturated carbocycles. The molecule has 0 heterocycles. The molecule has 0 saturated heterocycles. The van der Waals surface area contributed by atoms with Crippen LogP contribution in [-0.4, -0.2) is 7.11 Å². The summed E-state index contributed by atoms with van der Waals surface area (Å²) in [6.45, 7) is 0. The van der Waals surface area contributed by atoms with Crippen molar-refractivity contribution in [1.82, 2.24) is 0 Å². The van der Waals surface area contributed by atoms with Crippen LogP contribution < -0.4 is 9.79 Å². The smallest absolute Gasteiger partial charge is 0.0592 e. The molecule has 0 aromatic heterocycles. The van der Waals surface area contributed by atoms with E-state index >= 15 is 0 Å². The van der Waals surface area contributed by atoms with Crippen LogP contribution >= 0.6 is 7.82 Å². The Morgan fingerprint density at radius 2 is 1.50 bits per heavy atom. The van der Waals surface area contributed by atoms with Gasteiger partial charge in [-0.25, -0.2) is 0 Å². The van der Waals surface area contributed by atoms with Gasteiger partial charge in [-0.2, -0.15) is 0 Å². The fourth-order valence-corrected chi connectivity index (χ4v) is 0. The van der Waals surface area contributed by atoms with Gasteiger partial charge in [-0.15, -0.1) is 0 Å². The van der Waals surface area contributed by atoms with Gasteiger partial charge in [0.1, 0.15) is 0 Å². The van der Waals surface area contributed by atoms with Crippen LogP contribution in [0.25, 0.3) is 0 Å². The number of rotatable bonds is 1. The van der Waals surface area contributed by atoms with Gasteiger partial charge in [-0.1, -0.05) is 0 Å². The van der Waals surface area contributed by atoms with Crippen LogP contribution in [-0.2, 0) is 9.09 Å². The van der Waals surface area contributed by atoms with E-state index < -0.39 is 7.82 Å². The number of phosphoric acid groups is 1. The second-order valence-electron chi connectivity index (χ2n) is 0.630. The minimum Gasteiger partial charge on any atom is -0.790 e. The Hall–Kier alpha value is -0.150. The van der Waals surface area contributed by atoms with E-state index in [9.17, 15) is 14.4 Å². The van der Waals surface area contributed by atoms with Crippen LogP contribution in [0.3, 0.4) is 0 Å². The highest BCUT2D eigenvalue weighted by molar-refractivity contribution is 7.43. The average Bonchev–Trinajstić information content (AvgIpc) is 1.35. The molecular formula is C3H9O4P. The van der Waals surface area contributed by atoms with Gasteiger partial charge >= 0.3 is 0 Å². The molecule has 0 rings (SSSR count). The molecule has 0 amide bonds. The molecule has 50 valence electrons. The monoisotopic (exact) mass is 140 g/mol. The minimum absolute atomic E-state index is 0. The van der Waals surface area contributed by atoms with Crippen molar-refractivity contribution in [2.75, 3.05) is 7.11 Å². The maximum Gasteiger partial charge on any atom is 0.0592 e. The predicted octanol–water partition coefficient (Wildman–Crippen LogP) is -0.638. The Morgan fingerprint density at radius 3 is 1.50 bits per heavy atom. The van der Waals surface area contributed by atoms with Crippen molar-refractivity contribution < 1.29 is 18.9 Å². The van der Waals surface area contributed by atoms with Gasteiger partial charge in [0.25, 0.3) is 0 Å². The van der Waals surface area contributed by atoms with E-state index in [0.717, 1.165) is 7.11 Å². The lowest BCUT2D eigenvalue weighted by molar-refractivity contribution is -0.339. The Bertz CT molecular complexity index is 75.4. The highest BCUT2D eigenvalue weighted by Crippen LogP contribution is 2.21. The molecule has 0 aliphatic carbocycles. The molecule has 0 aromatic rings. The molecule has 0 aromatic carbocycles. The van der Waals surface area contributed by atoms with Crippen molar-refractivity contribution in [2.24, 2.45) is 0 Å². The van der Waals surface area contributed by atoms with E-state index in [2.05, 4.69) is 4.52 Å². The zero-order valence-corrected chi connectivity index (χ0v) is 5.97. The fourth-order valence-electron chi connectivity index (χ4n) is 0. The van der Waals surface area contributed by atoms with Gasteiger partial charge in [0.05, 0.1) is 7.82 Å². The lowest BCUT2D eigenvalue weighted by Crippen LogP contribution is -2.14. The molecule has 0 aliphatic heterocycles. The van der Waals surface area contributed by atoms with Gasteiger partial charge in [0.2, 0.25) is 0 Å². The fraction of sp³-hybridized carbons (Fsp3) is 0.333. The van der Waals surface area contributed by atoms with Gasteiger partial charge in [0, 0.05) is 22.0 Å². The minimum atomic E-state index is -4.65. The van der Waals surface area contributed by atoms with Crippen molar-refractivity contribution in [1.29, 1.82) is 0 Å². The predicted molar refractivity (Wildman–Crippen MR) is 27.4 cm³/mol. The zero-order chi connectivity index (χ0) is 5.21. The van der Waals surface area contributed by atoms with E-state index in [1.807, 2.05) is 0 Å². The van der Waals surface area contributed by atoms with Crippen LogP contribution in [0.15, 0.2) is 0 Å². The molecule has 4 nitrogen and oxygen atoms in total. The first-order chi connectivity index (χ1) is 2.56. The molecule has 0 unspecified atom stereocenters. The molecule has 0 atom stereocenters. The third-order valence-corrected chi connectivity index (χ3v) is 0.671. The van der Waals surface area contributed by atoms with Crippen LogP contribution in [0.1, 0.15) is 0 Å². The van der Waals surface area contributed by atoms with E-state index in [1.54, 1.807) is 0 Å². The van der Waals surface area contributed by atoms with E-state index in [0.29, 0.717) is 0 Å². The summed E-state index contributed by atoms with van der Waals surface area (Å²) in [5, 5.41) is 0. The summed E-state index contributed by atoms with van der Waals surface area (Å²) in [7, 11) is -3.83. The second kappa shape index (κ2) is 5.00. The van der Waals surface area contributed by atoms with Gasteiger partial charge in [-0.05, 0) is 0 Å². The number of phosphoric ester groups is 1. The normalized spacial score (nSPS) is 8.88. The molecule has 0 radical (unpaired) electrons. The lowest BCUT2D eigenvalue weighted by Gasteiger charge is -2.25. The van der Waals surface area contributed by atoms with E-state index in [-0.39, 0.29) is 14.9 Å². The van der Waals surface area contributed by atoms with E-state index in [4.69, 9.17) is 0 Å². The number of hydrogen-bond donors (Lipinski definition) is 0. The van der Waals surface area contributed by atoms with Crippen molar-refractivity contribution in [2.45, 2.75) is 0 Å². The van der Waals surface area contributed by atoms with Crippen molar-refractivity contribution in [3.05, 3.63) is 14.9 Å². The van der Waals surface area contributed by atoms with Gasteiger partial charge in [0.15, 0.2) is 0 Å². The van der Waals surface area contributed by atoms with Gasteiger partial charge < -0.3 is 18.9 Å². The largest absolute Gasteiger partial charge is 0.790 e. The Kier molecular flexibility index (Phi) is 9.78. The zero-order valence-electron chi connectivity index (χ0n) is 5.08. The average molecular weight is 140 g/mol. The van der Waals surface area contributed by atoms with Crippen LogP contribution in [0.2, 0.25) is 0 Å². The molecule has 0 N–H and O–H groups in total. The Labute approximate surface area is 49.7 Å². The molecule has 0 aliphatic rings. The van der Waals surface area contributed by atoms with Crippen LogP contribution in [0.5, 0.6) is 0 Å². The summed E-state index contributed by atoms with van der Waals surface area (Å²) in [5.74, 6) is 0. The Balaban J connectivity index is -0.000000125. The summed E-state index contributed by atoms with van der Waals surface area (Å²) >= 11 is 0. The molecule has 5 heteroatoms. The van der Waals surface area contributed by atoms with Crippen molar-refractivity contribution in [3.8, 4) is 0 Å². The molecule has 0 bridgehead atoms. The highest BCUT2D eigenvalue weighted by atomic mass is 31.2. The summed E-state index contributed by atoms with van der Waals surface area (Å²) in [5.41, 5.74) is 0. The molecular weight excluding hydrogens is 131 g/mol. The summed E-state index contributed by atoms with van der Waals surface area (Å²) in [6.07, 6.45) is 0. The second-order valence-corrected chi connectivity index (χ2v) is 1.89. The first-order valence-corrected chi connectivity index (χ1v) is 2.60. The number of hydrogen-bond acceptors (Lipinski definition) is 4. The van der Waals surface area contributed by atoms with Crippen molar-refractivity contribution >= 4 is 7.82 Å². The maximum atomic E-state index is 9.25. The lowest BCUT2D eigenvalue weighted by atomic mass is 11.8. The first-order valence-electron chi connectivity index (χ1n) is 1.14. The summed E-state index contributed by atoms with van der Waals surface area (Å²) < 4.78 is 12.6. The third-order valence-electron chi connectivity index (χ3n) is 0.224. The Morgan fingerprint density at radius 1 is 1.38 bits per heavy atom. The first kappa shape index (κ1) is 15.7. The molecule has 0 fully saturated rings. The topological polar surface area (TPSA) is 72.4 Å². The van der Waals surface area contributed by atoms with E-state index in [1.165, 1.54) is 0 Å². The molecule has 8 heavy (non-hydrogen) atoms. The third kappa shape index (κ3) is 16.9. The van der Waals surface area contributed by atoms with Crippen LogP contribution in [0, 0.1) is 14.9 Å². The van der Waals surface area contributed by atoms with Crippen LogP contribution in [0.4, 0.5) is 0 Å². The SMILES string of the molecule is COP(=O)([O-])[O-].[CH3+].[CH3+]. The highest BCUT2D eigenvalue weighted by Gasteiger charge is 1.75. The van der Waals surface area contributed by atoms with Crippen molar-refractivity contribution in [3.63, 3.8) is 0 Å².